The topological polar surface area (TPSA) is 57.6 Å². The fraction of sp³-hybridized carbons (Fsp3) is 0.385. The molecule has 0 bridgehead atoms. The van der Waals surface area contributed by atoms with Gasteiger partial charge in [0.1, 0.15) is 0 Å². The van der Waals surface area contributed by atoms with Crippen LogP contribution < -0.4 is 0 Å². The largest absolute Gasteiger partial charge is 0.481 e. The first-order chi connectivity index (χ1) is 8.09. The van der Waals surface area contributed by atoms with Crippen molar-refractivity contribution < 1.29 is 14.7 Å². The van der Waals surface area contributed by atoms with Gasteiger partial charge in [-0.1, -0.05) is 24.3 Å². The van der Waals surface area contributed by atoms with E-state index in [0.29, 0.717) is 6.54 Å². The summed E-state index contributed by atoms with van der Waals surface area (Å²) in [6.07, 6.45) is 0.766. The number of carboxylic acids is 1. The molecule has 4 heteroatoms. The maximum Gasteiger partial charge on any atom is 0.305 e. The van der Waals surface area contributed by atoms with Crippen molar-refractivity contribution >= 4 is 11.9 Å². The number of fused-ring (bicyclic) bond motifs is 1. The lowest BCUT2D eigenvalue weighted by Gasteiger charge is -2.36. The molecule has 0 saturated carbocycles. The summed E-state index contributed by atoms with van der Waals surface area (Å²) in [5.74, 6) is -0.941. The quantitative estimate of drug-likeness (QED) is 0.844. The Balaban J connectivity index is 2.38. The number of carbonyl (C=O) groups is 2. The molecule has 4 nitrogen and oxygen atoms in total. The van der Waals surface area contributed by atoms with Crippen molar-refractivity contribution in [2.75, 3.05) is 6.54 Å². The minimum atomic E-state index is -0.877. The Labute approximate surface area is 99.9 Å². The SMILES string of the molecule is CC(=O)N1CCc2ccccc2[C@H]1CC(=O)O. The minimum Gasteiger partial charge on any atom is -0.481 e. The van der Waals surface area contributed by atoms with Crippen LogP contribution in [0.15, 0.2) is 24.3 Å². The van der Waals surface area contributed by atoms with Gasteiger partial charge in [-0.3, -0.25) is 9.59 Å². The zero-order valence-corrected chi connectivity index (χ0v) is 9.72. The Morgan fingerprint density at radius 2 is 2.12 bits per heavy atom. The molecule has 0 fully saturated rings. The van der Waals surface area contributed by atoms with Gasteiger partial charge in [0.15, 0.2) is 0 Å². The third-order valence-electron chi connectivity index (χ3n) is 3.18. The summed E-state index contributed by atoms with van der Waals surface area (Å²) in [7, 11) is 0. The van der Waals surface area contributed by atoms with Crippen LogP contribution in [0.25, 0.3) is 0 Å². The van der Waals surface area contributed by atoms with Crippen molar-refractivity contribution in [1.82, 2.24) is 4.90 Å². The van der Waals surface area contributed by atoms with Crippen LogP contribution in [0.5, 0.6) is 0 Å². The zero-order chi connectivity index (χ0) is 12.4. The fourth-order valence-electron chi connectivity index (χ4n) is 2.41. The highest BCUT2D eigenvalue weighted by molar-refractivity contribution is 5.76. The highest BCUT2D eigenvalue weighted by atomic mass is 16.4. The number of carboxylic acid groups (broad SMARTS) is 1. The first-order valence-electron chi connectivity index (χ1n) is 5.66. The van der Waals surface area contributed by atoms with Crippen molar-refractivity contribution in [2.24, 2.45) is 0 Å². The average molecular weight is 233 g/mol. The van der Waals surface area contributed by atoms with Crippen LogP contribution in [0.4, 0.5) is 0 Å². The van der Waals surface area contributed by atoms with Gasteiger partial charge in [-0.15, -0.1) is 0 Å². The van der Waals surface area contributed by atoms with Crippen LogP contribution in [0.2, 0.25) is 0 Å². The Kier molecular flexibility index (Phi) is 3.13. The lowest BCUT2D eigenvalue weighted by atomic mass is 9.91. The summed E-state index contributed by atoms with van der Waals surface area (Å²) in [6, 6.07) is 7.42. The molecule has 1 N–H and O–H groups in total. The standard InChI is InChI=1S/C13H15NO3/c1-9(15)14-7-6-10-4-2-3-5-11(10)12(14)8-13(16)17/h2-5,12H,6-8H2,1H3,(H,16,17)/t12-/m1/s1. The van der Waals surface area contributed by atoms with Gasteiger partial charge in [-0.2, -0.15) is 0 Å². The summed E-state index contributed by atoms with van der Waals surface area (Å²) in [5, 5.41) is 8.95. The summed E-state index contributed by atoms with van der Waals surface area (Å²) in [5.41, 5.74) is 2.12. The highest BCUT2D eigenvalue weighted by Gasteiger charge is 2.30. The van der Waals surface area contributed by atoms with Crippen LogP contribution >= 0.6 is 0 Å². The molecule has 0 aliphatic carbocycles. The molecule has 1 aromatic carbocycles. The van der Waals surface area contributed by atoms with Gasteiger partial charge < -0.3 is 10.0 Å². The van der Waals surface area contributed by atoms with Gasteiger partial charge in [0, 0.05) is 13.5 Å². The van der Waals surface area contributed by atoms with E-state index in [1.54, 1.807) is 4.90 Å². The third kappa shape index (κ3) is 2.30. The molecule has 0 spiro atoms. The molecule has 90 valence electrons. The van der Waals surface area contributed by atoms with Crippen LogP contribution in [0, 0.1) is 0 Å². The predicted octanol–water partition coefficient (Wildman–Crippen LogP) is 1.61. The maximum atomic E-state index is 11.5. The molecule has 0 saturated heterocycles. The van der Waals surface area contributed by atoms with Crippen LogP contribution in [0.3, 0.4) is 0 Å². The van der Waals surface area contributed by atoms with Crippen molar-refractivity contribution in [2.45, 2.75) is 25.8 Å². The van der Waals surface area contributed by atoms with E-state index in [4.69, 9.17) is 5.11 Å². The number of aliphatic carboxylic acids is 1. The first kappa shape index (κ1) is 11.6. The van der Waals surface area contributed by atoms with Gasteiger partial charge >= 0.3 is 5.97 Å². The number of amides is 1. The number of hydrogen-bond donors (Lipinski definition) is 1. The molecule has 0 unspecified atom stereocenters. The van der Waals surface area contributed by atoms with Gasteiger partial charge in [0.2, 0.25) is 5.91 Å². The first-order valence-corrected chi connectivity index (χ1v) is 5.66. The number of nitrogens with zero attached hydrogens (tertiary/aromatic N) is 1. The number of hydrogen-bond acceptors (Lipinski definition) is 2. The molecular formula is C13H15NO3. The van der Waals surface area contributed by atoms with E-state index in [9.17, 15) is 9.59 Å². The van der Waals surface area contributed by atoms with E-state index in [2.05, 4.69) is 0 Å². The Morgan fingerprint density at radius 3 is 2.76 bits per heavy atom. The molecule has 17 heavy (non-hydrogen) atoms. The van der Waals surface area contributed by atoms with Gasteiger partial charge in [0.05, 0.1) is 12.5 Å². The van der Waals surface area contributed by atoms with E-state index in [-0.39, 0.29) is 18.4 Å². The van der Waals surface area contributed by atoms with E-state index in [1.807, 2.05) is 24.3 Å². The van der Waals surface area contributed by atoms with Gasteiger partial charge in [-0.25, -0.2) is 0 Å². The normalized spacial score (nSPS) is 18.6. The monoisotopic (exact) mass is 233 g/mol. The second-order valence-corrected chi connectivity index (χ2v) is 4.27. The van der Waals surface area contributed by atoms with Gasteiger partial charge in [0.25, 0.3) is 0 Å². The summed E-state index contributed by atoms with van der Waals surface area (Å²) in [4.78, 5) is 24.1. The Hall–Kier alpha value is -1.84. The minimum absolute atomic E-state index is 0.0312. The fourth-order valence-corrected chi connectivity index (χ4v) is 2.41. The van der Waals surface area contributed by atoms with E-state index in [1.165, 1.54) is 6.92 Å². The average Bonchev–Trinajstić information content (AvgIpc) is 2.28. The van der Waals surface area contributed by atoms with Crippen molar-refractivity contribution in [3.63, 3.8) is 0 Å². The predicted molar refractivity (Wildman–Crippen MR) is 62.5 cm³/mol. The lowest BCUT2D eigenvalue weighted by molar-refractivity contribution is -0.140. The van der Waals surface area contributed by atoms with Crippen molar-refractivity contribution in [3.8, 4) is 0 Å². The Morgan fingerprint density at radius 1 is 1.41 bits per heavy atom. The highest BCUT2D eigenvalue weighted by Crippen LogP contribution is 2.32. The molecule has 1 atom stereocenters. The molecule has 2 rings (SSSR count). The van der Waals surface area contributed by atoms with E-state index >= 15 is 0 Å². The van der Waals surface area contributed by atoms with Crippen molar-refractivity contribution in [3.05, 3.63) is 35.4 Å². The summed E-state index contributed by atoms with van der Waals surface area (Å²) in [6.45, 7) is 2.09. The van der Waals surface area contributed by atoms with Crippen LogP contribution in [-0.2, 0) is 16.0 Å². The molecular weight excluding hydrogens is 218 g/mol. The number of carbonyl (C=O) groups excluding carboxylic acids is 1. The summed E-state index contributed by atoms with van der Waals surface area (Å²) >= 11 is 0. The van der Waals surface area contributed by atoms with Crippen LogP contribution in [-0.4, -0.2) is 28.4 Å². The Bertz CT molecular complexity index is 456. The zero-order valence-electron chi connectivity index (χ0n) is 9.72. The van der Waals surface area contributed by atoms with E-state index in [0.717, 1.165) is 17.5 Å². The van der Waals surface area contributed by atoms with Gasteiger partial charge in [-0.05, 0) is 17.5 Å². The molecule has 0 radical (unpaired) electrons. The lowest BCUT2D eigenvalue weighted by Crippen LogP contribution is -2.39. The molecule has 1 aliphatic heterocycles. The third-order valence-corrected chi connectivity index (χ3v) is 3.18. The second-order valence-electron chi connectivity index (χ2n) is 4.27. The summed E-state index contributed by atoms with van der Waals surface area (Å²) < 4.78 is 0. The molecule has 1 heterocycles. The van der Waals surface area contributed by atoms with Crippen LogP contribution in [0.1, 0.15) is 30.5 Å². The second kappa shape index (κ2) is 4.57. The molecule has 0 aromatic heterocycles. The smallest absolute Gasteiger partial charge is 0.305 e. The van der Waals surface area contributed by atoms with Crippen molar-refractivity contribution in [1.29, 1.82) is 0 Å². The number of rotatable bonds is 2. The molecule has 1 aromatic rings. The molecule has 1 aliphatic rings. The maximum absolute atomic E-state index is 11.5. The molecule has 1 amide bonds. The van der Waals surface area contributed by atoms with E-state index < -0.39 is 5.97 Å². The number of benzene rings is 1.